The third-order valence-corrected chi connectivity index (χ3v) is 6.34. The summed E-state index contributed by atoms with van der Waals surface area (Å²) in [6.45, 7) is 2.40. The Morgan fingerprint density at radius 2 is 1.88 bits per heavy atom. The van der Waals surface area contributed by atoms with Crippen LogP contribution in [0.5, 0.6) is 11.5 Å². The van der Waals surface area contributed by atoms with Gasteiger partial charge in [0.05, 0.1) is 14.2 Å². The van der Waals surface area contributed by atoms with Crippen molar-refractivity contribution < 1.29 is 14.3 Å². The Balaban J connectivity index is 1.47. The molecule has 2 aliphatic heterocycles. The molecular formula is C20H30N2O3S. The molecule has 1 aromatic carbocycles. The summed E-state index contributed by atoms with van der Waals surface area (Å²) < 4.78 is 10.8. The number of hydrogen-bond donors (Lipinski definition) is 1. The Hall–Kier alpha value is -1.40. The highest BCUT2D eigenvalue weighted by Crippen LogP contribution is 2.33. The van der Waals surface area contributed by atoms with Gasteiger partial charge in [0.2, 0.25) is 5.91 Å². The van der Waals surface area contributed by atoms with Crippen LogP contribution in [0.2, 0.25) is 0 Å². The molecule has 0 aliphatic carbocycles. The lowest BCUT2D eigenvalue weighted by Crippen LogP contribution is -2.37. The van der Waals surface area contributed by atoms with Gasteiger partial charge in [0, 0.05) is 25.6 Å². The summed E-state index contributed by atoms with van der Waals surface area (Å²) in [6.07, 6.45) is 4.92. The fourth-order valence-electron chi connectivity index (χ4n) is 3.70. The van der Waals surface area contributed by atoms with Gasteiger partial charge in [0.15, 0.2) is 11.5 Å². The minimum absolute atomic E-state index is 0.256. The van der Waals surface area contributed by atoms with E-state index in [4.69, 9.17) is 9.47 Å². The lowest BCUT2D eigenvalue weighted by Gasteiger charge is -2.30. The van der Waals surface area contributed by atoms with Crippen molar-refractivity contribution in [2.24, 2.45) is 0 Å². The van der Waals surface area contributed by atoms with E-state index >= 15 is 0 Å². The van der Waals surface area contributed by atoms with Crippen LogP contribution in [0.25, 0.3) is 0 Å². The molecule has 0 aromatic heterocycles. The molecule has 0 atom stereocenters. The lowest BCUT2D eigenvalue weighted by molar-refractivity contribution is -0.132. The average molecular weight is 379 g/mol. The van der Waals surface area contributed by atoms with E-state index in [9.17, 15) is 4.79 Å². The van der Waals surface area contributed by atoms with Gasteiger partial charge in [-0.3, -0.25) is 4.79 Å². The standard InChI is InChI=1S/C20H30N2O3S/c1-24-18-12-15-5-9-22(14-16(15)13-19(18)25-2)20(23)4-3-8-21-17-6-10-26-11-7-17/h12-13,17,21H,3-11,14H2,1-2H3. The van der Waals surface area contributed by atoms with Crippen molar-refractivity contribution in [1.29, 1.82) is 0 Å². The molecule has 3 rings (SSSR count). The van der Waals surface area contributed by atoms with Crippen LogP contribution in [0.3, 0.4) is 0 Å². The molecule has 1 aromatic rings. The molecule has 0 spiro atoms. The second kappa shape index (κ2) is 9.51. The van der Waals surface area contributed by atoms with E-state index in [0.717, 1.165) is 37.4 Å². The fourth-order valence-corrected chi connectivity index (χ4v) is 4.81. The zero-order chi connectivity index (χ0) is 18.4. The Bertz CT molecular complexity index is 617. The molecular weight excluding hydrogens is 348 g/mol. The van der Waals surface area contributed by atoms with E-state index in [1.807, 2.05) is 28.8 Å². The topological polar surface area (TPSA) is 50.8 Å². The summed E-state index contributed by atoms with van der Waals surface area (Å²) in [5.74, 6) is 4.27. The first-order valence-electron chi connectivity index (χ1n) is 9.54. The van der Waals surface area contributed by atoms with Gasteiger partial charge >= 0.3 is 0 Å². The molecule has 0 unspecified atom stereocenters. The van der Waals surface area contributed by atoms with Gasteiger partial charge in [-0.15, -0.1) is 0 Å². The van der Waals surface area contributed by atoms with E-state index in [2.05, 4.69) is 5.32 Å². The molecule has 0 bridgehead atoms. The Morgan fingerprint density at radius 1 is 1.19 bits per heavy atom. The van der Waals surface area contributed by atoms with Crippen LogP contribution in [0.4, 0.5) is 0 Å². The zero-order valence-corrected chi connectivity index (χ0v) is 16.7. The first kappa shape index (κ1) is 19.4. The molecule has 0 radical (unpaired) electrons. The number of amides is 1. The predicted octanol–water partition coefficient (Wildman–Crippen LogP) is 2.85. The van der Waals surface area contributed by atoms with Crippen molar-refractivity contribution in [3.63, 3.8) is 0 Å². The molecule has 26 heavy (non-hydrogen) atoms. The van der Waals surface area contributed by atoms with Gasteiger partial charge in [-0.2, -0.15) is 11.8 Å². The predicted molar refractivity (Wildman–Crippen MR) is 106 cm³/mol. The van der Waals surface area contributed by atoms with E-state index in [0.29, 0.717) is 19.0 Å². The highest BCUT2D eigenvalue weighted by molar-refractivity contribution is 7.99. The third-order valence-electron chi connectivity index (χ3n) is 5.29. The van der Waals surface area contributed by atoms with Gasteiger partial charge in [-0.25, -0.2) is 0 Å². The maximum absolute atomic E-state index is 12.6. The average Bonchev–Trinajstić information content (AvgIpc) is 2.70. The summed E-state index contributed by atoms with van der Waals surface area (Å²) in [5.41, 5.74) is 2.42. The zero-order valence-electron chi connectivity index (χ0n) is 15.9. The molecule has 6 heteroatoms. The fraction of sp³-hybridized carbons (Fsp3) is 0.650. The smallest absolute Gasteiger partial charge is 0.222 e. The minimum atomic E-state index is 0.256. The van der Waals surface area contributed by atoms with E-state index in [1.54, 1.807) is 14.2 Å². The van der Waals surface area contributed by atoms with Crippen molar-refractivity contribution in [3.05, 3.63) is 23.3 Å². The number of rotatable bonds is 7. The number of nitrogens with zero attached hydrogens (tertiary/aromatic N) is 1. The maximum Gasteiger partial charge on any atom is 0.222 e. The van der Waals surface area contributed by atoms with Crippen LogP contribution in [-0.2, 0) is 17.8 Å². The number of carbonyl (C=O) groups is 1. The van der Waals surface area contributed by atoms with Crippen molar-refractivity contribution >= 4 is 17.7 Å². The van der Waals surface area contributed by atoms with Crippen molar-refractivity contribution in [3.8, 4) is 11.5 Å². The molecule has 1 fully saturated rings. The van der Waals surface area contributed by atoms with Gasteiger partial charge in [-0.05, 0) is 67.0 Å². The number of nitrogens with one attached hydrogen (secondary N) is 1. The number of carbonyl (C=O) groups excluding carboxylic acids is 1. The molecule has 2 heterocycles. The Morgan fingerprint density at radius 3 is 2.58 bits per heavy atom. The van der Waals surface area contributed by atoms with Crippen LogP contribution < -0.4 is 14.8 Å². The first-order valence-corrected chi connectivity index (χ1v) is 10.7. The third kappa shape index (κ3) is 4.86. The van der Waals surface area contributed by atoms with E-state index in [1.165, 1.54) is 35.5 Å². The van der Waals surface area contributed by atoms with Gasteiger partial charge in [0.25, 0.3) is 0 Å². The number of fused-ring (bicyclic) bond motifs is 1. The molecule has 144 valence electrons. The summed E-state index contributed by atoms with van der Waals surface area (Å²) in [6, 6.07) is 4.70. The van der Waals surface area contributed by atoms with Gasteiger partial charge in [-0.1, -0.05) is 0 Å². The van der Waals surface area contributed by atoms with Gasteiger partial charge < -0.3 is 19.7 Å². The largest absolute Gasteiger partial charge is 0.493 e. The van der Waals surface area contributed by atoms with Crippen molar-refractivity contribution in [1.82, 2.24) is 10.2 Å². The van der Waals surface area contributed by atoms with E-state index in [-0.39, 0.29) is 5.91 Å². The van der Waals surface area contributed by atoms with Gasteiger partial charge in [0.1, 0.15) is 0 Å². The normalized spacial score (nSPS) is 17.7. The summed E-state index contributed by atoms with van der Waals surface area (Å²) in [7, 11) is 3.30. The summed E-state index contributed by atoms with van der Waals surface area (Å²) >= 11 is 2.04. The maximum atomic E-state index is 12.6. The molecule has 0 saturated carbocycles. The van der Waals surface area contributed by atoms with Crippen LogP contribution in [0, 0.1) is 0 Å². The van der Waals surface area contributed by atoms with Crippen LogP contribution >= 0.6 is 11.8 Å². The second-order valence-electron chi connectivity index (χ2n) is 6.99. The van der Waals surface area contributed by atoms with Crippen molar-refractivity contribution in [2.45, 2.75) is 44.7 Å². The highest BCUT2D eigenvalue weighted by Gasteiger charge is 2.22. The Kier molecular flexibility index (Phi) is 7.08. The first-order chi connectivity index (χ1) is 12.7. The number of hydrogen-bond acceptors (Lipinski definition) is 5. The number of methoxy groups -OCH3 is 2. The summed E-state index contributed by atoms with van der Waals surface area (Å²) in [5, 5.41) is 3.61. The molecule has 2 aliphatic rings. The minimum Gasteiger partial charge on any atom is -0.493 e. The number of ether oxygens (including phenoxy) is 2. The second-order valence-corrected chi connectivity index (χ2v) is 8.21. The SMILES string of the molecule is COc1cc2c(cc1OC)CN(C(=O)CCCNC1CCSCC1)CC2. The van der Waals surface area contributed by atoms with Crippen LogP contribution in [0.1, 0.15) is 36.8 Å². The molecule has 5 nitrogen and oxygen atoms in total. The molecule has 1 saturated heterocycles. The number of thioether (sulfide) groups is 1. The van der Waals surface area contributed by atoms with Crippen molar-refractivity contribution in [2.75, 3.05) is 38.8 Å². The number of benzene rings is 1. The molecule has 1 amide bonds. The van der Waals surface area contributed by atoms with E-state index < -0.39 is 0 Å². The van der Waals surface area contributed by atoms with Crippen LogP contribution in [0.15, 0.2) is 12.1 Å². The lowest BCUT2D eigenvalue weighted by atomic mass is 9.98. The highest BCUT2D eigenvalue weighted by atomic mass is 32.2. The quantitative estimate of drug-likeness (QED) is 0.740. The summed E-state index contributed by atoms with van der Waals surface area (Å²) in [4.78, 5) is 14.6. The Labute approximate surface area is 160 Å². The van der Waals surface area contributed by atoms with Crippen LogP contribution in [-0.4, -0.2) is 55.7 Å². The monoisotopic (exact) mass is 378 g/mol. The molecule has 1 N–H and O–H groups in total.